The molecule has 0 aliphatic carbocycles. The van der Waals surface area contributed by atoms with Crippen LogP contribution in [-0.4, -0.2) is 25.0 Å². The van der Waals surface area contributed by atoms with Gasteiger partial charge in [0.15, 0.2) is 0 Å². The molecular weight excluding hydrogens is 262 g/mol. The first-order valence-corrected chi connectivity index (χ1v) is 6.99. The smallest absolute Gasteiger partial charge is 0.236 e. The van der Waals surface area contributed by atoms with Crippen molar-refractivity contribution >= 4 is 5.91 Å². The monoisotopic (exact) mass is 284 g/mol. The number of halogens is 2. The van der Waals surface area contributed by atoms with Crippen molar-refractivity contribution in [2.24, 2.45) is 0 Å². The molecule has 0 fully saturated rings. The SMILES string of the molecule is CCCCNC(=O)C(C)NCCc1cc(F)cc(F)c1. The quantitative estimate of drug-likeness (QED) is 0.720. The Balaban J connectivity index is 2.30. The van der Waals surface area contributed by atoms with Gasteiger partial charge in [-0.05, 0) is 44.0 Å². The van der Waals surface area contributed by atoms with Gasteiger partial charge in [-0.3, -0.25) is 4.79 Å². The predicted molar refractivity (Wildman–Crippen MR) is 75.4 cm³/mol. The molecule has 20 heavy (non-hydrogen) atoms. The molecule has 0 bridgehead atoms. The van der Waals surface area contributed by atoms with Crippen LogP contribution >= 0.6 is 0 Å². The van der Waals surface area contributed by atoms with E-state index >= 15 is 0 Å². The molecule has 0 radical (unpaired) electrons. The molecule has 0 aliphatic heterocycles. The number of carbonyl (C=O) groups is 1. The van der Waals surface area contributed by atoms with E-state index in [1.807, 2.05) is 0 Å². The van der Waals surface area contributed by atoms with Crippen LogP contribution in [0.4, 0.5) is 8.78 Å². The third-order valence-corrected chi connectivity index (χ3v) is 3.01. The summed E-state index contributed by atoms with van der Waals surface area (Å²) < 4.78 is 26.0. The van der Waals surface area contributed by atoms with Crippen molar-refractivity contribution in [3.05, 3.63) is 35.4 Å². The Bertz CT molecular complexity index is 418. The van der Waals surface area contributed by atoms with Crippen molar-refractivity contribution in [1.29, 1.82) is 0 Å². The first kappa shape index (κ1) is 16.6. The second-order valence-electron chi connectivity index (χ2n) is 4.85. The number of amides is 1. The second-order valence-corrected chi connectivity index (χ2v) is 4.85. The maximum Gasteiger partial charge on any atom is 0.236 e. The van der Waals surface area contributed by atoms with Gasteiger partial charge in [0.05, 0.1) is 6.04 Å². The van der Waals surface area contributed by atoms with Crippen molar-refractivity contribution in [3.63, 3.8) is 0 Å². The highest BCUT2D eigenvalue weighted by atomic mass is 19.1. The van der Waals surface area contributed by atoms with E-state index < -0.39 is 11.6 Å². The van der Waals surface area contributed by atoms with Crippen molar-refractivity contribution in [2.45, 2.75) is 39.2 Å². The van der Waals surface area contributed by atoms with Gasteiger partial charge < -0.3 is 10.6 Å². The number of nitrogens with one attached hydrogen (secondary N) is 2. The van der Waals surface area contributed by atoms with Crippen LogP contribution in [0.1, 0.15) is 32.3 Å². The van der Waals surface area contributed by atoms with Crippen LogP contribution < -0.4 is 10.6 Å². The standard InChI is InChI=1S/C15H22F2N2O/c1-3-4-6-19-15(20)11(2)18-7-5-12-8-13(16)10-14(17)9-12/h8-11,18H,3-7H2,1-2H3,(H,19,20). The van der Waals surface area contributed by atoms with E-state index in [4.69, 9.17) is 0 Å². The third kappa shape index (κ3) is 6.10. The summed E-state index contributed by atoms with van der Waals surface area (Å²) >= 11 is 0. The Kier molecular flexibility index (Phi) is 7.15. The highest BCUT2D eigenvalue weighted by Crippen LogP contribution is 2.08. The van der Waals surface area contributed by atoms with E-state index in [0.717, 1.165) is 18.9 Å². The summed E-state index contributed by atoms with van der Waals surface area (Å²) in [5.41, 5.74) is 0.577. The summed E-state index contributed by atoms with van der Waals surface area (Å²) in [5.74, 6) is -1.21. The maximum absolute atomic E-state index is 13.0. The van der Waals surface area contributed by atoms with Gasteiger partial charge in [0, 0.05) is 12.6 Å². The fraction of sp³-hybridized carbons (Fsp3) is 0.533. The molecule has 0 saturated carbocycles. The van der Waals surface area contributed by atoms with Gasteiger partial charge in [-0.1, -0.05) is 13.3 Å². The molecule has 1 aromatic carbocycles. The molecular formula is C15H22F2N2O. The molecule has 3 nitrogen and oxygen atoms in total. The first-order chi connectivity index (χ1) is 9.52. The number of hydrogen-bond donors (Lipinski definition) is 2. The van der Waals surface area contributed by atoms with Crippen molar-refractivity contribution in [1.82, 2.24) is 10.6 Å². The number of benzene rings is 1. The van der Waals surface area contributed by atoms with E-state index in [1.54, 1.807) is 6.92 Å². The Morgan fingerprint density at radius 1 is 1.20 bits per heavy atom. The van der Waals surface area contributed by atoms with Crippen LogP contribution in [0.2, 0.25) is 0 Å². The average Bonchev–Trinajstić information content (AvgIpc) is 2.37. The molecule has 5 heteroatoms. The van der Waals surface area contributed by atoms with Crippen LogP contribution in [0, 0.1) is 11.6 Å². The zero-order valence-corrected chi connectivity index (χ0v) is 12.0. The molecule has 0 aliphatic rings. The van der Waals surface area contributed by atoms with Crippen LogP contribution in [0.15, 0.2) is 18.2 Å². The molecule has 1 rings (SSSR count). The lowest BCUT2D eigenvalue weighted by molar-refractivity contribution is -0.122. The summed E-state index contributed by atoms with van der Waals surface area (Å²) in [4.78, 5) is 11.7. The predicted octanol–water partition coefficient (Wildman–Crippen LogP) is 2.40. The maximum atomic E-state index is 13.0. The minimum absolute atomic E-state index is 0.0520. The fourth-order valence-electron chi connectivity index (χ4n) is 1.82. The number of carbonyl (C=O) groups excluding carboxylic acids is 1. The van der Waals surface area contributed by atoms with Crippen LogP contribution in [0.3, 0.4) is 0 Å². The normalized spacial score (nSPS) is 12.2. The highest BCUT2D eigenvalue weighted by Gasteiger charge is 2.11. The topological polar surface area (TPSA) is 41.1 Å². The molecule has 0 heterocycles. The van der Waals surface area contributed by atoms with E-state index in [1.165, 1.54) is 12.1 Å². The molecule has 1 aromatic rings. The average molecular weight is 284 g/mol. The first-order valence-electron chi connectivity index (χ1n) is 6.99. The molecule has 1 unspecified atom stereocenters. The van der Waals surface area contributed by atoms with Gasteiger partial charge in [0.1, 0.15) is 11.6 Å². The molecule has 1 amide bonds. The largest absolute Gasteiger partial charge is 0.355 e. The van der Waals surface area contributed by atoms with E-state index in [9.17, 15) is 13.6 Å². The lowest BCUT2D eigenvalue weighted by Crippen LogP contribution is -2.43. The van der Waals surface area contributed by atoms with Gasteiger partial charge in [0.2, 0.25) is 5.91 Å². The lowest BCUT2D eigenvalue weighted by Gasteiger charge is -2.14. The minimum Gasteiger partial charge on any atom is -0.355 e. The van der Waals surface area contributed by atoms with Crippen LogP contribution in [0.25, 0.3) is 0 Å². The summed E-state index contributed by atoms with van der Waals surface area (Å²) in [6.45, 7) is 5.00. The van der Waals surface area contributed by atoms with E-state index in [0.29, 0.717) is 25.1 Å². The van der Waals surface area contributed by atoms with E-state index in [-0.39, 0.29) is 11.9 Å². The zero-order chi connectivity index (χ0) is 15.0. The van der Waals surface area contributed by atoms with Crippen LogP contribution in [0.5, 0.6) is 0 Å². The summed E-state index contributed by atoms with van der Waals surface area (Å²) in [7, 11) is 0. The molecule has 2 N–H and O–H groups in total. The lowest BCUT2D eigenvalue weighted by atomic mass is 10.1. The number of rotatable bonds is 8. The van der Waals surface area contributed by atoms with Crippen molar-refractivity contribution in [2.75, 3.05) is 13.1 Å². The molecule has 0 aromatic heterocycles. The second kappa shape index (κ2) is 8.64. The Morgan fingerprint density at radius 3 is 2.45 bits per heavy atom. The van der Waals surface area contributed by atoms with Gasteiger partial charge in [-0.25, -0.2) is 8.78 Å². The Morgan fingerprint density at radius 2 is 1.85 bits per heavy atom. The summed E-state index contributed by atoms with van der Waals surface area (Å²) in [6.07, 6.45) is 2.47. The fourth-order valence-corrected chi connectivity index (χ4v) is 1.82. The number of unbranched alkanes of at least 4 members (excludes halogenated alkanes) is 1. The van der Waals surface area contributed by atoms with Gasteiger partial charge >= 0.3 is 0 Å². The highest BCUT2D eigenvalue weighted by molar-refractivity contribution is 5.81. The Hall–Kier alpha value is -1.49. The van der Waals surface area contributed by atoms with Crippen molar-refractivity contribution in [3.8, 4) is 0 Å². The molecule has 0 saturated heterocycles. The van der Waals surface area contributed by atoms with Gasteiger partial charge in [-0.15, -0.1) is 0 Å². The van der Waals surface area contributed by atoms with Crippen molar-refractivity contribution < 1.29 is 13.6 Å². The Labute approximate surface area is 118 Å². The van der Waals surface area contributed by atoms with E-state index in [2.05, 4.69) is 17.6 Å². The molecule has 1 atom stereocenters. The van der Waals surface area contributed by atoms with Gasteiger partial charge in [-0.2, -0.15) is 0 Å². The molecule has 112 valence electrons. The minimum atomic E-state index is -0.578. The van der Waals surface area contributed by atoms with Gasteiger partial charge in [0.25, 0.3) is 0 Å². The molecule has 0 spiro atoms. The van der Waals surface area contributed by atoms with Crippen LogP contribution in [-0.2, 0) is 11.2 Å². The zero-order valence-electron chi connectivity index (χ0n) is 12.0. The third-order valence-electron chi connectivity index (χ3n) is 3.01. The summed E-state index contributed by atoms with van der Waals surface area (Å²) in [5, 5.41) is 5.87. The summed E-state index contributed by atoms with van der Waals surface area (Å²) in [6, 6.07) is 3.14. The number of hydrogen-bond acceptors (Lipinski definition) is 2.